The first kappa shape index (κ1) is 10.0. The number of carbonyl (C=O) groups excluding carboxylic acids is 1. The fourth-order valence-electron chi connectivity index (χ4n) is 0.917. The zero-order chi connectivity index (χ0) is 10.6. The number of halogens is 1. The Bertz CT molecular complexity index is 413. The normalized spacial score (nSPS) is 9.00. The SMILES string of the molecule is COC(=O)c1cc(F)ccc1N=[N+]=[N-]. The van der Waals surface area contributed by atoms with E-state index in [0.717, 1.165) is 19.2 Å². The molecule has 0 fully saturated rings. The van der Waals surface area contributed by atoms with Crippen molar-refractivity contribution in [2.45, 2.75) is 0 Å². The molecule has 14 heavy (non-hydrogen) atoms. The molecule has 1 aromatic carbocycles. The summed E-state index contributed by atoms with van der Waals surface area (Å²) in [5.41, 5.74) is 8.13. The second-order valence-corrected chi connectivity index (χ2v) is 2.34. The van der Waals surface area contributed by atoms with Crippen LogP contribution in [-0.4, -0.2) is 13.1 Å². The lowest BCUT2D eigenvalue weighted by atomic mass is 10.2. The van der Waals surface area contributed by atoms with Crippen LogP contribution < -0.4 is 0 Å². The van der Waals surface area contributed by atoms with Crippen molar-refractivity contribution < 1.29 is 13.9 Å². The summed E-state index contributed by atoms with van der Waals surface area (Å²) in [5, 5.41) is 3.23. The number of carbonyl (C=O) groups is 1. The summed E-state index contributed by atoms with van der Waals surface area (Å²) in [7, 11) is 1.16. The van der Waals surface area contributed by atoms with E-state index in [4.69, 9.17) is 5.53 Å². The molecule has 0 unspecified atom stereocenters. The van der Waals surface area contributed by atoms with Crippen LogP contribution in [0.15, 0.2) is 23.3 Å². The van der Waals surface area contributed by atoms with Gasteiger partial charge in [-0.2, -0.15) is 0 Å². The lowest BCUT2D eigenvalue weighted by molar-refractivity contribution is 0.0601. The molecule has 0 aliphatic rings. The average molecular weight is 195 g/mol. The minimum Gasteiger partial charge on any atom is -0.465 e. The number of azide groups is 1. The summed E-state index contributed by atoms with van der Waals surface area (Å²) in [6.45, 7) is 0. The Kier molecular flexibility index (Phi) is 3.04. The van der Waals surface area contributed by atoms with E-state index < -0.39 is 11.8 Å². The van der Waals surface area contributed by atoms with Crippen molar-refractivity contribution in [3.8, 4) is 0 Å². The number of nitrogens with zero attached hydrogens (tertiary/aromatic N) is 3. The van der Waals surface area contributed by atoms with Gasteiger partial charge in [0.25, 0.3) is 0 Å². The molecule has 0 N–H and O–H groups in total. The minimum atomic E-state index is -0.744. The maximum Gasteiger partial charge on any atom is 0.338 e. The Morgan fingerprint density at radius 1 is 1.64 bits per heavy atom. The molecule has 0 atom stereocenters. The van der Waals surface area contributed by atoms with Crippen LogP contribution in [0, 0.1) is 5.82 Å². The van der Waals surface area contributed by atoms with Gasteiger partial charge in [0.05, 0.1) is 18.4 Å². The third kappa shape index (κ3) is 1.99. The van der Waals surface area contributed by atoms with Crippen molar-refractivity contribution in [1.29, 1.82) is 0 Å². The van der Waals surface area contributed by atoms with Crippen LogP contribution in [0.1, 0.15) is 10.4 Å². The monoisotopic (exact) mass is 195 g/mol. The third-order valence-electron chi connectivity index (χ3n) is 1.52. The van der Waals surface area contributed by atoms with Crippen molar-refractivity contribution >= 4 is 11.7 Å². The van der Waals surface area contributed by atoms with E-state index in [2.05, 4.69) is 14.8 Å². The zero-order valence-electron chi connectivity index (χ0n) is 7.27. The minimum absolute atomic E-state index is 0.0424. The lowest BCUT2D eigenvalue weighted by Crippen LogP contribution is -2.01. The number of rotatable bonds is 2. The standard InChI is InChI=1S/C8H6FN3O2/c1-14-8(13)6-4-5(9)2-3-7(6)11-12-10/h2-4H,1H3. The first-order chi connectivity index (χ1) is 6.69. The molecular formula is C8H6FN3O2. The Balaban J connectivity index is 3.28. The van der Waals surface area contributed by atoms with Crippen LogP contribution in [0.4, 0.5) is 10.1 Å². The highest BCUT2D eigenvalue weighted by molar-refractivity contribution is 5.94. The lowest BCUT2D eigenvalue weighted by Gasteiger charge is -2.02. The van der Waals surface area contributed by atoms with Crippen molar-refractivity contribution in [2.24, 2.45) is 5.11 Å². The molecule has 0 aliphatic carbocycles. The van der Waals surface area contributed by atoms with Gasteiger partial charge in [-0.25, -0.2) is 9.18 Å². The highest BCUT2D eigenvalue weighted by Gasteiger charge is 2.11. The summed E-state index contributed by atoms with van der Waals surface area (Å²) in [4.78, 5) is 13.6. The number of methoxy groups -OCH3 is 1. The van der Waals surface area contributed by atoms with Gasteiger partial charge < -0.3 is 4.74 Å². The first-order valence-corrected chi connectivity index (χ1v) is 3.62. The van der Waals surface area contributed by atoms with E-state index in [9.17, 15) is 9.18 Å². The van der Waals surface area contributed by atoms with Crippen molar-refractivity contribution in [1.82, 2.24) is 0 Å². The van der Waals surface area contributed by atoms with Crippen molar-refractivity contribution in [2.75, 3.05) is 7.11 Å². The van der Waals surface area contributed by atoms with E-state index in [-0.39, 0.29) is 11.3 Å². The van der Waals surface area contributed by atoms with Gasteiger partial charge in [0.1, 0.15) is 5.82 Å². The number of hydrogen-bond acceptors (Lipinski definition) is 3. The van der Waals surface area contributed by atoms with Crippen LogP contribution in [0.25, 0.3) is 10.4 Å². The van der Waals surface area contributed by atoms with Crippen LogP contribution >= 0.6 is 0 Å². The predicted octanol–water partition coefficient (Wildman–Crippen LogP) is 2.55. The van der Waals surface area contributed by atoms with Gasteiger partial charge in [-0.15, -0.1) is 0 Å². The maximum atomic E-state index is 12.7. The second kappa shape index (κ2) is 4.25. The smallest absolute Gasteiger partial charge is 0.338 e. The van der Waals surface area contributed by atoms with Crippen molar-refractivity contribution in [3.63, 3.8) is 0 Å². The van der Waals surface area contributed by atoms with E-state index in [1.165, 1.54) is 6.07 Å². The molecule has 0 aliphatic heterocycles. The summed E-state index contributed by atoms with van der Waals surface area (Å²) < 4.78 is 17.1. The van der Waals surface area contributed by atoms with Gasteiger partial charge >= 0.3 is 5.97 Å². The van der Waals surface area contributed by atoms with Crippen LogP contribution in [0.2, 0.25) is 0 Å². The fourth-order valence-corrected chi connectivity index (χ4v) is 0.917. The molecule has 0 heterocycles. The third-order valence-corrected chi connectivity index (χ3v) is 1.52. The predicted molar refractivity (Wildman–Crippen MR) is 46.5 cm³/mol. The molecule has 0 saturated heterocycles. The van der Waals surface area contributed by atoms with Gasteiger partial charge in [0.2, 0.25) is 0 Å². The van der Waals surface area contributed by atoms with Crippen LogP contribution in [0.5, 0.6) is 0 Å². The van der Waals surface area contributed by atoms with E-state index >= 15 is 0 Å². The molecule has 0 saturated carbocycles. The molecule has 5 nitrogen and oxygen atoms in total. The summed E-state index contributed by atoms with van der Waals surface area (Å²) in [6.07, 6.45) is 0. The van der Waals surface area contributed by atoms with E-state index in [1.807, 2.05) is 0 Å². The molecule has 1 rings (SSSR count). The Hall–Kier alpha value is -2.07. The van der Waals surface area contributed by atoms with Gasteiger partial charge in [-0.3, -0.25) is 0 Å². The molecule has 0 radical (unpaired) electrons. The van der Waals surface area contributed by atoms with Crippen molar-refractivity contribution in [3.05, 3.63) is 40.0 Å². The average Bonchev–Trinajstić information content (AvgIpc) is 2.20. The zero-order valence-corrected chi connectivity index (χ0v) is 7.27. The van der Waals surface area contributed by atoms with E-state index in [1.54, 1.807) is 0 Å². The van der Waals surface area contributed by atoms with E-state index in [0.29, 0.717) is 0 Å². The molecule has 0 bridgehead atoms. The molecule has 0 aromatic heterocycles. The fraction of sp³-hybridized carbons (Fsp3) is 0.125. The highest BCUT2D eigenvalue weighted by Crippen LogP contribution is 2.21. The number of ether oxygens (including phenoxy) is 1. The topological polar surface area (TPSA) is 75.1 Å². The molecule has 72 valence electrons. The Labute approximate surface area is 78.7 Å². The maximum absolute atomic E-state index is 12.7. The largest absolute Gasteiger partial charge is 0.465 e. The van der Waals surface area contributed by atoms with Crippen LogP contribution in [-0.2, 0) is 4.74 Å². The quantitative estimate of drug-likeness (QED) is 0.314. The summed E-state index contributed by atoms with van der Waals surface area (Å²) in [6, 6.07) is 3.26. The highest BCUT2D eigenvalue weighted by atomic mass is 19.1. The van der Waals surface area contributed by atoms with Gasteiger partial charge in [-0.05, 0) is 23.7 Å². The molecule has 0 amide bonds. The van der Waals surface area contributed by atoms with Gasteiger partial charge in [0.15, 0.2) is 0 Å². The summed E-state index contributed by atoms with van der Waals surface area (Å²) in [5.74, 6) is -1.34. The summed E-state index contributed by atoms with van der Waals surface area (Å²) >= 11 is 0. The first-order valence-electron chi connectivity index (χ1n) is 3.62. The molecule has 1 aromatic rings. The number of benzene rings is 1. The Morgan fingerprint density at radius 3 is 2.93 bits per heavy atom. The Morgan fingerprint density at radius 2 is 2.36 bits per heavy atom. The van der Waals surface area contributed by atoms with Gasteiger partial charge in [0, 0.05) is 4.91 Å². The molecule has 6 heteroatoms. The number of hydrogen-bond donors (Lipinski definition) is 0. The second-order valence-electron chi connectivity index (χ2n) is 2.34. The molecular weight excluding hydrogens is 189 g/mol. The van der Waals surface area contributed by atoms with Crippen LogP contribution in [0.3, 0.4) is 0 Å². The van der Waals surface area contributed by atoms with Gasteiger partial charge in [-0.1, -0.05) is 5.11 Å². The molecule has 0 spiro atoms. The number of esters is 1.